The van der Waals surface area contributed by atoms with Crippen molar-refractivity contribution in [1.82, 2.24) is 0 Å². The molecule has 6 heteroatoms. The summed E-state index contributed by atoms with van der Waals surface area (Å²) >= 11 is 0. The van der Waals surface area contributed by atoms with Crippen LogP contribution in [0.5, 0.6) is 11.5 Å². The second-order valence-electron chi connectivity index (χ2n) is 5.64. The van der Waals surface area contributed by atoms with E-state index in [1.54, 1.807) is 0 Å². The van der Waals surface area contributed by atoms with Crippen LogP contribution in [0.25, 0.3) is 6.08 Å². The van der Waals surface area contributed by atoms with Crippen molar-refractivity contribution in [2.24, 2.45) is 0 Å². The number of benzene rings is 2. The lowest BCUT2D eigenvalue weighted by molar-refractivity contribution is -0.137. The summed E-state index contributed by atoms with van der Waals surface area (Å²) in [7, 11) is 0. The van der Waals surface area contributed by atoms with E-state index in [4.69, 9.17) is 19.7 Å². The first-order valence-corrected chi connectivity index (χ1v) is 9.02. The van der Waals surface area contributed by atoms with Crippen LogP contribution in [0.15, 0.2) is 54.6 Å². The van der Waals surface area contributed by atoms with Crippen molar-refractivity contribution in [2.45, 2.75) is 26.7 Å². The second-order valence-corrected chi connectivity index (χ2v) is 5.64. The van der Waals surface area contributed by atoms with Crippen molar-refractivity contribution < 1.29 is 29.3 Å². The molecule has 0 atom stereocenters. The third-order valence-corrected chi connectivity index (χ3v) is 3.47. The third kappa shape index (κ3) is 10.0. The van der Waals surface area contributed by atoms with Crippen LogP contribution in [0.2, 0.25) is 0 Å². The Morgan fingerprint density at radius 2 is 1.36 bits per heavy atom. The maximum atomic E-state index is 10.3. The molecule has 2 aromatic rings. The number of rotatable bonds is 9. The van der Waals surface area contributed by atoms with E-state index in [0.29, 0.717) is 19.6 Å². The predicted molar refractivity (Wildman–Crippen MR) is 108 cm³/mol. The van der Waals surface area contributed by atoms with E-state index < -0.39 is 11.9 Å². The van der Waals surface area contributed by atoms with Crippen LogP contribution >= 0.6 is 0 Å². The average Bonchev–Trinajstić information content (AvgIpc) is 2.68. The van der Waals surface area contributed by atoms with Crippen LogP contribution in [0.4, 0.5) is 0 Å². The minimum Gasteiger partial charge on any atom is -0.494 e. The molecule has 28 heavy (non-hydrogen) atoms. The first kappa shape index (κ1) is 22.8. The van der Waals surface area contributed by atoms with Crippen molar-refractivity contribution >= 4 is 18.0 Å². The standard InChI is InChI=1S/C11H14O3.C11H12O3/c2*1-2-14-10-6-3-9(4-7-10)5-8-11(12)13/h3-4,6-7H,2,5,8H2,1H3,(H,12,13);3-8H,2H2,1H3,(H,12,13)/b;8-5+. The normalized spacial score (nSPS) is 10.1. The predicted octanol–water partition coefficient (Wildman–Crippen LogP) is 4.29. The summed E-state index contributed by atoms with van der Waals surface area (Å²) in [5.41, 5.74) is 1.87. The molecular weight excluding hydrogens is 360 g/mol. The Hall–Kier alpha value is -3.28. The van der Waals surface area contributed by atoms with Gasteiger partial charge in [0.2, 0.25) is 0 Å². The topological polar surface area (TPSA) is 93.1 Å². The molecule has 2 rings (SSSR count). The molecule has 0 spiro atoms. The minimum absolute atomic E-state index is 0.175. The summed E-state index contributed by atoms with van der Waals surface area (Å²) in [6.07, 6.45) is 3.39. The van der Waals surface area contributed by atoms with Crippen molar-refractivity contribution in [1.29, 1.82) is 0 Å². The van der Waals surface area contributed by atoms with Crippen molar-refractivity contribution in [2.75, 3.05) is 13.2 Å². The molecule has 0 saturated heterocycles. The molecule has 0 aliphatic rings. The van der Waals surface area contributed by atoms with Crippen LogP contribution in [0.1, 0.15) is 31.4 Å². The molecule has 0 fully saturated rings. The van der Waals surface area contributed by atoms with E-state index in [9.17, 15) is 9.59 Å². The number of hydrogen-bond acceptors (Lipinski definition) is 4. The summed E-state index contributed by atoms with van der Waals surface area (Å²) in [5.74, 6) is -0.0932. The number of carbonyl (C=O) groups is 2. The highest BCUT2D eigenvalue weighted by atomic mass is 16.5. The van der Waals surface area contributed by atoms with Gasteiger partial charge >= 0.3 is 11.9 Å². The molecule has 0 amide bonds. The molecule has 0 bridgehead atoms. The van der Waals surface area contributed by atoms with Crippen LogP contribution in [-0.2, 0) is 16.0 Å². The molecule has 2 N–H and O–H groups in total. The quantitative estimate of drug-likeness (QED) is 0.625. The number of carboxylic acid groups (broad SMARTS) is 2. The van der Waals surface area contributed by atoms with Gasteiger partial charge in [0.25, 0.3) is 0 Å². The zero-order valence-corrected chi connectivity index (χ0v) is 16.1. The lowest BCUT2D eigenvalue weighted by Crippen LogP contribution is -1.97. The van der Waals surface area contributed by atoms with Crippen molar-refractivity contribution in [3.8, 4) is 11.5 Å². The highest BCUT2D eigenvalue weighted by molar-refractivity contribution is 5.85. The largest absolute Gasteiger partial charge is 0.494 e. The maximum Gasteiger partial charge on any atom is 0.328 e. The van der Waals surface area contributed by atoms with E-state index >= 15 is 0 Å². The lowest BCUT2D eigenvalue weighted by Gasteiger charge is -2.03. The van der Waals surface area contributed by atoms with E-state index in [2.05, 4.69) is 0 Å². The first-order valence-electron chi connectivity index (χ1n) is 9.02. The van der Waals surface area contributed by atoms with Gasteiger partial charge in [-0.05, 0) is 61.7 Å². The molecule has 0 radical (unpaired) electrons. The summed E-state index contributed by atoms with van der Waals surface area (Å²) in [6.45, 7) is 5.12. The fourth-order valence-electron chi connectivity index (χ4n) is 2.18. The molecule has 0 aliphatic heterocycles. The van der Waals surface area contributed by atoms with Gasteiger partial charge in [-0.1, -0.05) is 24.3 Å². The summed E-state index contributed by atoms with van der Waals surface area (Å²) in [5, 5.41) is 16.9. The smallest absolute Gasteiger partial charge is 0.328 e. The van der Waals surface area contributed by atoms with Gasteiger partial charge in [-0.2, -0.15) is 0 Å². The molecule has 0 saturated carbocycles. The highest BCUT2D eigenvalue weighted by Crippen LogP contribution is 2.13. The van der Waals surface area contributed by atoms with Gasteiger partial charge in [-0.25, -0.2) is 4.79 Å². The Morgan fingerprint density at radius 1 is 0.857 bits per heavy atom. The molecule has 6 nitrogen and oxygen atoms in total. The number of aryl methyl sites for hydroxylation is 1. The van der Waals surface area contributed by atoms with E-state index in [1.807, 2.05) is 62.4 Å². The average molecular weight is 386 g/mol. The summed E-state index contributed by atoms with van der Waals surface area (Å²) in [4.78, 5) is 20.5. The summed E-state index contributed by atoms with van der Waals surface area (Å²) in [6, 6.07) is 14.8. The molecule has 0 aromatic heterocycles. The van der Waals surface area contributed by atoms with Gasteiger partial charge in [-0.3, -0.25) is 4.79 Å². The Labute approximate surface area is 165 Å². The van der Waals surface area contributed by atoms with Crippen LogP contribution in [0, 0.1) is 0 Å². The van der Waals surface area contributed by atoms with Gasteiger partial charge in [0.15, 0.2) is 0 Å². The molecule has 150 valence electrons. The van der Waals surface area contributed by atoms with Crippen LogP contribution < -0.4 is 9.47 Å². The number of aliphatic carboxylic acids is 2. The lowest BCUT2D eigenvalue weighted by atomic mass is 10.1. The van der Waals surface area contributed by atoms with Crippen LogP contribution in [0.3, 0.4) is 0 Å². The van der Waals surface area contributed by atoms with Crippen molar-refractivity contribution in [3.63, 3.8) is 0 Å². The third-order valence-electron chi connectivity index (χ3n) is 3.47. The Bertz CT molecular complexity index is 748. The zero-order chi connectivity index (χ0) is 20.8. The minimum atomic E-state index is -0.945. The van der Waals surface area contributed by atoms with E-state index in [1.165, 1.54) is 6.08 Å². The fraction of sp³-hybridized carbons (Fsp3) is 0.273. The molecule has 0 aliphatic carbocycles. The van der Waals surface area contributed by atoms with Crippen LogP contribution in [-0.4, -0.2) is 35.4 Å². The number of ether oxygens (including phenoxy) is 2. The molecule has 0 heterocycles. The number of hydrogen-bond donors (Lipinski definition) is 2. The fourth-order valence-corrected chi connectivity index (χ4v) is 2.18. The maximum absolute atomic E-state index is 10.3. The Kier molecular flexibility index (Phi) is 10.5. The van der Waals surface area contributed by atoms with Gasteiger partial charge in [0, 0.05) is 12.5 Å². The zero-order valence-electron chi connectivity index (χ0n) is 16.1. The highest BCUT2D eigenvalue weighted by Gasteiger charge is 1.99. The number of carboxylic acids is 2. The van der Waals surface area contributed by atoms with Gasteiger partial charge in [0.1, 0.15) is 11.5 Å². The summed E-state index contributed by atoms with van der Waals surface area (Å²) < 4.78 is 10.5. The van der Waals surface area contributed by atoms with E-state index in [-0.39, 0.29) is 6.42 Å². The van der Waals surface area contributed by atoms with E-state index in [0.717, 1.165) is 28.7 Å². The molecule has 0 unspecified atom stereocenters. The second kappa shape index (κ2) is 13.0. The first-order chi connectivity index (χ1) is 13.4. The SMILES string of the molecule is CCOc1ccc(/C=C/C(=O)O)cc1.CCOc1ccc(CCC(=O)O)cc1. The van der Waals surface area contributed by atoms with Gasteiger partial charge in [0.05, 0.1) is 13.2 Å². The Balaban J connectivity index is 0.000000280. The Morgan fingerprint density at radius 3 is 1.79 bits per heavy atom. The van der Waals surface area contributed by atoms with Gasteiger partial charge < -0.3 is 19.7 Å². The molecule has 2 aromatic carbocycles. The molecular formula is C22H26O6. The van der Waals surface area contributed by atoms with Gasteiger partial charge in [-0.15, -0.1) is 0 Å². The monoisotopic (exact) mass is 386 g/mol. The van der Waals surface area contributed by atoms with Crippen molar-refractivity contribution in [3.05, 3.63) is 65.7 Å².